The van der Waals surface area contributed by atoms with Crippen LogP contribution in [0, 0.1) is 0 Å². The number of anilines is 1. The van der Waals surface area contributed by atoms with E-state index in [0.717, 1.165) is 35.0 Å². The molecule has 4 rings (SSSR count). The molecule has 2 heterocycles. The van der Waals surface area contributed by atoms with Crippen molar-refractivity contribution in [3.8, 4) is 5.75 Å². The smallest absolute Gasteiger partial charge is 0.266 e. The van der Waals surface area contributed by atoms with Crippen molar-refractivity contribution in [2.24, 2.45) is 4.99 Å². The Morgan fingerprint density at radius 2 is 1.97 bits per heavy atom. The molecule has 2 aliphatic rings. The molecule has 0 bridgehead atoms. The van der Waals surface area contributed by atoms with Gasteiger partial charge in [-0.05, 0) is 74.2 Å². The maximum absolute atomic E-state index is 13.3. The van der Waals surface area contributed by atoms with Gasteiger partial charge in [-0.3, -0.25) is 9.69 Å². The summed E-state index contributed by atoms with van der Waals surface area (Å²) in [7, 11) is 3.84. The van der Waals surface area contributed by atoms with E-state index < -0.39 is 0 Å². The molecule has 6 heteroatoms. The van der Waals surface area contributed by atoms with Crippen molar-refractivity contribution < 1.29 is 9.53 Å². The molecule has 0 aliphatic carbocycles. The molecule has 0 N–H and O–H groups in total. The van der Waals surface area contributed by atoms with Crippen molar-refractivity contribution in [3.05, 3.63) is 58.5 Å². The number of benzene rings is 2. The van der Waals surface area contributed by atoms with Gasteiger partial charge in [-0.1, -0.05) is 32.0 Å². The first-order chi connectivity index (χ1) is 15.7. The van der Waals surface area contributed by atoms with Crippen LogP contribution in [0.3, 0.4) is 0 Å². The first-order valence-electron chi connectivity index (χ1n) is 11.6. The summed E-state index contributed by atoms with van der Waals surface area (Å²) in [4.78, 5) is 22.9. The van der Waals surface area contributed by atoms with Crippen LogP contribution in [0.5, 0.6) is 5.75 Å². The Labute approximate surface area is 201 Å². The molecule has 1 fully saturated rings. The number of aliphatic imine (C=N–C) groups is 1. The summed E-state index contributed by atoms with van der Waals surface area (Å²) in [5.74, 6) is 1.21. The molecule has 1 amide bonds. The second kappa shape index (κ2) is 9.26. The van der Waals surface area contributed by atoms with E-state index >= 15 is 0 Å². The number of hydrogen-bond donors (Lipinski definition) is 0. The highest BCUT2D eigenvalue weighted by molar-refractivity contribution is 8.18. The van der Waals surface area contributed by atoms with Gasteiger partial charge in [-0.15, -0.1) is 0 Å². The lowest BCUT2D eigenvalue weighted by molar-refractivity contribution is -0.122. The Kier molecular flexibility index (Phi) is 6.57. The van der Waals surface area contributed by atoms with Gasteiger partial charge in [-0.25, -0.2) is 4.99 Å². The SMILES string of the molecule is CCCN1C(=O)/C(=C\c2cc3c(cc2OC)N(C)C(C)(C)CC3C)SC1=Nc1ccccc1. The second-order valence-corrected chi connectivity index (χ2v) is 10.4. The minimum absolute atomic E-state index is 0.00241. The molecular weight excluding hydrogens is 430 g/mol. The number of amides is 1. The van der Waals surface area contributed by atoms with Crippen LogP contribution in [0.1, 0.15) is 57.6 Å². The highest BCUT2D eigenvalue weighted by Crippen LogP contribution is 2.46. The number of thioether (sulfide) groups is 1. The Morgan fingerprint density at radius 3 is 2.64 bits per heavy atom. The van der Waals surface area contributed by atoms with Crippen LogP contribution < -0.4 is 9.64 Å². The first-order valence-corrected chi connectivity index (χ1v) is 12.4. The van der Waals surface area contributed by atoms with E-state index in [4.69, 9.17) is 9.73 Å². The maximum atomic E-state index is 13.3. The van der Waals surface area contributed by atoms with Gasteiger partial charge >= 0.3 is 0 Å². The standard InChI is InChI=1S/C27H33N3O2S/c1-7-13-30-25(31)24(33-26(30)28-20-11-9-8-10-12-20)15-19-14-21-18(2)17-27(3,4)29(5)22(21)16-23(19)32-6/h8-12,14-16,18H,7,13,17H2,1-6H3/b24-15+,28-26?. The first kappa shape index (κ1) is 23.4. The lowest BCUT2D eigenvalue weighted by atomic mass is 9.80. The van der Waals surface area contributed by atoms with E-state index in [1.165, 1.54) is 23.0 Å². The quantitative estimate of drug-likeness (QED) is 0.479. The van der Waals surface area contributed by atoms with Gasteiger partial charge in [0.25, 0.3) is 5.91 Å². The molecule has 1 unspecified atom stereocenters. The Balaban J connectivity index is 1.75. The summed E-state index contributed by atoms with van der Waals surface area (Å²) in [6, 6.07) is 14.1. The molecule has 0 radical (unpaired) electrons. The van der Waals surface area contributed by atoms with Crippen molar-refractivity contribution in [1.82, 2.24) is 4.90 Å². The van der Waals surface area contributed by atoms with Gasteiger partial charge in [0.05, 0.1) is 17.7 Å². The Hall–Kier alpha value is -2.73. The van der Waals surface area contributed by atoms with Gasteiger partial charge < -0.3 is 9.64 Å². The van der Waals surface area contributed by atoms with Crippen molar-refractivity contribution >= 4 is 40.3 Å². The second-order valence-electron chi connectivity index (χ2n) is 9.43. The summed E-state index contributed by atoms with van der Waals surface area (Å²) >= 11 is 1.44. The number of hydrogen-bond acceptors (Lipinski definition) is 5. The van der Waals surface area contributed by atoms with Crippen molar-refractivity contribution in [2.75, 3.05) is 25.6 Å². The summed E-state index contributed by atoms with van der Waals surface area (Å²) < 4.78 is 5.77. The summed E-state index contributed by atoms with van der Waals surface area (Å²) in [6.45, 7) is 9.55. The highest BCUT2D eigenvalue weighted by Gasteiger charge is 2.36. The van der Waals surface area contributed by atoms with Gasteiger partial charge in [0, 0.05) is 36.4 Å². The molecule has 5 nitrogen and oxygen atoms in total. The van der Waals surface area contributed by atoms with Crippen molar-refractivity contribution in [2.45, 2.75) is 52.0 Å². The molecule has 2 aromatic rings. The molecule has 33 heavy (non-hydrogen) atoms. The largest absolute Gasteiger partial charge is 0.496 e. The number of carbonyl (C=O) groups excluding carboxylic acids is 1. The lowest BCUT2D eigenvalue weighted by Gasteiger charge is -2.45. The van der Waals surface area contributed by atoms with Crippen LogP contribution in [0.25, 0.3) is 6.08 Å². The van der Waals surface area contributed by atoms with E-state index in [-0.39, 0.29) is 11.4 Å². The molecule has 2 aliphatic heterocycles. The number of rotatable bonds is 5. The highest BCUT2D eigenvalue weighted by atomic mass is 32.2. The van der Waals surface area contributed by atoms with E-state index in [1.807, 2.05) is 36.4 Å². The number of amidine groups is 1. The van der Waals surface area contributed by atoms with Crippen LogP contribution in [0.15, 0.2) is 52.4 Å². The Morgan fingerprint density at radius 1 is 1.24 bits per heavy atom. The predicted octanol–water partition coefficient (Wildman–Crippen LogP) is 6.43. The molecule has 174 valence electrons. The fourth-order valence-electron chi connectivity index (χ4n) is 4.67. The Bertz CT molecular complexity index is 1110. The third kappa shape index (κ3) is 4.54. The van der Waals surface area contributed by atoms with Crippen LogP contribution in [0.2, 0.25) is 0 Å². The van der Waals surface area contributed by atoms with Gasteiger partial charge in [0.15, 0.2) is 5.17 Å². The third-order valence-corrected chi connectivity index (χ3v) is 7.59. The van der Waals surface area contributed by atoms with Crippen LogP contribution in [-0.4, -0.2) is 42.2 Å². The molecule has 0 saturated carbocycles. The number of para-hydroxylation sites is 1. The fraction of sp³-hybridized carbons (Fsp3) is 0.407. The zero-order valence-electron chi connectivity index (χ0n) is 20.4. The molecule has 2 aromatic carbocycles. The van der Waals surface area contributed by atoms with Crippen LogP contribution in [-0.2, 0) is 4.79 Å². The zero-order chi connectivity index (χ0) is 23.8. The monoisotopic (exact) mass is 463 g/mol. The number of ether oxygens (including phenoxy) is 1. The fourth-order valence-corrected chi connectivity index (χ4v) is 5.68. The van der Waals surface area contributed by atoms with E-state index in [1.54, 1.807) is 12.0 Å². The van der Waals surface area contributed by atoms with Crippen LogP contribution >= 0.6 is 11.8 Å². The minimum Gasteiger partial charge on any atom is -0.496 e. The number of fused-ring (bicyclic) bond motifs is 1. The predicted molar refractivity (Wildman–Crippen MR) is 140 cm³/mol. The average molecular weight is 464 g/mol. The number of nitrogens with zero attached hydrogens (tertiary/aromatic N) is 3. The lowest BCUT2D eigenvalue weighted by Crippen LogP contribution is -2.45. The van der Waals surface area contributed by atoms with E-state index in [0.29, 0.717) is 17.4 Å². The summed E-state index contributed by atoms with van der Waals surface area (Å²) in [5, 5.41) is 0.728. The van der Waals surface area contributed by atoms with Crippen molar-refractivity contribution in [1.29, 1.82) is 0 Å². The number of methoxy groups -OCH3 is 1. The summed E-state index contributed by atoms with van der Waals surface area (Å²) in [5.41, 5.74) is 4.36. The van der Waals surface area contributed by atoms with Gasteiger partial charge in [0.2, 0.25) is 0 Å². The van der Waals surface area contributed by atoms with Crippen molar-refractivity contribution in [3.63, 3.8) is 0 Å². The molecular formula is C27H33N3O2S. The third-order valence-electron chi connectivity index (χ3n) is 6.59. The molecule has 0 aromatic heterocycles. The molecule has 0 spiro atoms. The van der Waals surface area contributed by atoms with E-state index in [2.05, 4.69) is 51.8 Å². The maximum Gasteiger partial charge on any atom is 0.266 e. The molecule has 1 atom stereocenters. The average Bonchev–Trinajstić information content (AvgIpc) is 3.07. The van der Waals surface area contributed by atoms with Crippen LogP contribution in [0.4, 0.5) is 11.4 Å². The van der Waals surface area contributed by atoms with Gasteiger partial charge in [-0.2, -0.15) is 0 Å². The summed E-state index contributed by atoms with van der Waals surface area (Å²) in [6.07, 6.45) is 3.91. The normalized spacial score (nSPS) is 22.2. The van der Waals surface area contributed by atoms with E-state index in [9.17, 15) is 4.79 Å². The minimum atomic E-state index is 0.00241. The topological polar surface area (TPSA) is 45.1 Å². The van der Waals surface area contributed by atoms with Gasteiger partial charge in [0.1, 0.15) is 5.75 Å². The zero-order valence-corrected chi connectivity index (χ0v) is 21.2. The number of carbonyl (C=O) groups is 1. The molecule has 1 saturated heterocycles.